The van der Waals surface area contributed by atoms with Crippen molar-refractivity contribution in [1.82, 2.24) is 5.32 Å². The standard InChI is InChI=1S/C10H23N.2K.H4O7P2/c1-9(2)5-7-11-8-6-10(3)4;;;1-8(2,3)7-9(4,5)6/h9-11H,5-8H2,1-4H3;;;(H2,1,2,3)(H2,4,5,6)/q;2*+1;/p-2. The van der Waals surface area contributed by atoms with E-state index in [-0.39, 0.29) is 103 Å². The molecule has 124 valence electrons. The summed E-state index contributed by atoms with van der Waals surface area (Å²) in [7, 11) is -10.7. The van der Waals surface area contributed by atoms with E-state index in [1.807, 2.05) is 0 Å². The summed E-state index contributed by atoms with van der Waals surface area (Å²) in [5.41, 5.74) is 0. The van der Waals surface area contributed by atoms with E-state index in [1.165, 1.54) is 25.9 Å². The number of hydrogen-bond acceptors (Lipinski definition) is 6. The molecule has 0 bridgehead atoms. The maximum Gasteiger partial charge on any atom is 1.00 e. The van der Waals surface area contributed by atoms with Crippen LogP contribution in [0.25, 0.3) is 0 Å². The van der Waals surface area contributed by atoms with Crippen molar-refractivity contribution < 1.29 is 136 Å². The Balaban J connectivity index is -0.000000137. The maximum absolute atomic E-state index is 9.55. The fraction of sp³-hybridized carbons (Fsp3) is 1.00. The molecular formula is C10H25K2NO7P2. The van der Waals surface area contributed by atoms with Gasteiger partial charge in [0.2, 0.25) is 0 Å². The third kappa shape index (κ3) is 38.8. The van der Waals surface area contributed by atoms with Gasteiger partial charge in [0.1, 0.15) is 0 Å². The van der Waals surface area contributed by atoms with E-state index in [9.17, 15) is 18.9 Å². The first-order valence-corrected chi connectivity index (χ1v) is 9.32. The third-order valence-electron chi connectivity index (χ3n) is 2.00. The van der Waals surface area contributed by atoms with Gasteiger partial charge in [-0.1, -0.05) is 27.7 Å². The molecule has 0 fully saturated rings. The van der Waals surface area contributed by atoms with Gasteiger partial charge >= 0.3 is 111 Å². The van der Waals surface area contributed by atoms with Crippen molar-refractivity contribution in [2.24, 2.45) is 11.8 Å². The minimum absolute atomic E-state index is 0. The summed E-state index contributed by atoms with van der Waals surface area (Å²) < 4.78 is 21.7. The Morgan fingerprint density at radius 2 is 1.27 bits per heavy atom. The molecule has 0 unspecified atom stereocenters. The van der Waals surface area contributed by atoms with Crippen LogP contribution in [-0.4, -0.2) is 22.9 Å². The molecule has 0 aliphatic carbocycles. The Labute approximate surface area is 218 Å². The van der Waals surface area contributed by atoms with Crippen molar-refractivity contribution in [2.45, 2.75) is 40.5 Å². The van der Waals surface area contributed by atoms with Crippen molar-refractivity contribution in [1.29, 1.82) is 0 Å². The molecular weight excluding hydrogens is 386 g/mol. The van der Waals surface area contributed by atoms with Gasteiger partial charge in [-0.15, -0.1) is 0 Å². The van der Waals surface area contributed by atoms with E-state index in [0.29, 0.717) is 0 Å². The summed E-state index contributed by atoms with van der Waals surface area (Å²) in [4.78, 5) is 34.1. The largest absolute Gasteiger partial charge is 1.00 e. The van der Waals surface area contributed by atoms with E-state index < -0.39 is 15.6 Å². The average Bonchev–Trinajstić information content (AvgIpc) is 2.10. The second-order valence-electron chi connectivity index (χ2n) is 5.13. The van der Waals surface area contributed by atoms with Crippen molar-refractivity contribution in [3.8, 4) is 0 Å². The SMILES string of the molecule is CC(C)CCNCCC(C)C.O=P([O-])([O-])OP(=O)(O)O.[K+].[K+]. The summed E-state index contributed by atoms with van der Waals surface area (Å²) in [6.45, 7) is 11.4. The first-order valence-electron chi connectivity index (χ1n) is 6.33. The van der Waals surface area contributed by atoms with Crippen LogP contribution < -0.4 is 118 Å². The van der Waals surface area contributed by atoms with Gasteiger partial charge in [0.15, 0.2) is 0 Å². The topological polar surface area (TPSA) is 142 Å². The van der Waals surface area contributed by atoms with Gasteiger partial charge in [-0.25, -0.2) is 4.57 Å². The zero-order chi connectivity index (χ0) is 16.4. The summed E-state index contributed by atoms with van der Waals surface area (Å²) in [6.07, 6.45) is 2.61. The molecule has 0 saturated heterocycles. The predicted molar refractivity (Wildman–Crippen MR) is 72.5 cm³/mol. The summed E-state index contributed by atoms with van der Waals surface area (Å²) in [5.74, 6) is 1.67. The molecule has 22 heavy (non-hydrogen) atoms. The predicted octanol–water partition coefficient (Wildman–Crippen LogP) is -5.40. The molecule has 0 amide bonds. The summed E-state index contributed by atoms with van der Waals surface area (Å²) >= 11 is 0. The molecule has 0 spiro atoms. The molecule has 0 saturated carbocycles. The van der Waals surface area contributed by atoms with Crippen LogP contribution >= 0.6 is 15.6 Å². The van der Waals surface area contributed by atoms with Crippen LogP contribution in [0.2, 0.25) is 0 Å². The van der Waals surface area contributed by atoms with Gasteiger partial charge in [0.05, 0.1) is 7.82 Å². The third-order valence-corrected chi connectivity index (χ3v) is 3.65. The molecule has 0 aromatic rings. The Kier molecular flexibility index (Phi) is 26.9. The second-order valence-corrected chi connectivity index (χ2v) is 7.66. The minimum atomic E-state index is -5.55. The van der Waals surface area contributed by atoms with Crippen LogP contribution in [-0.2, 0) is 13.4 Å². The Bertz CT molecular complexity index is 303. The Morgan fingerprint density at radius 1 is 0.955 bits per heavy atom. The minimum Gasteiger partial charge on any atom is -0.789 e. The average molecular weight is 411 g/mol. The smallest absolute Gasteiger partial charge is 0.789 e. The van der Waals surface area contributed by atoms with Crippen LogP contribution in [0.4, 0.5) is 0 Å². The van der Waals surface area contributed by atoms with Crippen LogP contribution in [0.3, 0.4) is 0 Å². The molecule has 0 aliphatic heterocycles. The van der Waals surface area contributed by atoms with Crippen molar-refractivity contribution >= 4 is 15.6 Å². The van der Waals surface area contributed by atoms with Crippen molar-refractivity contribution in [3.05, 3.63) is 0 Å². The second kappa shape index (κ2) is 17.9. The molecule has 8 nitrogen and oxygen atoms in total. The summed E-state index contributed by atoms with van der Waals surface area (Å²) in [6, 6.07) is 0. The quantitative estimate of drug-likeness (QED) is 0.204. The number of nitrogens with one attached hydrogen (secondary N) is 1. The molecule has 0 heterocycles. The fourth-order valence-electron chi connectivity index (χ4n) is 1.04. The molecule has 0 aromatic heterocycles. The van der Waals surface area contributed by atoms with Crippen LogP contribution in [0.15, 0.2) is 0 Å². The van der Waals surface area contributed by atoms with Gasteiger partial charge in [-0.2, -0.15) is 0 Å². The van der Waals surface area contributed by atoms with Crippen molar-refractivity contribution in [3.63, 3.8) is 0 Å². The molecule has 0 aliphatic rings. The van der Waals surface area contributed by atoms with Gasteiger partial charge in [-0.3, -0.25) is 4.31 Å². The van der Waals surface area contributed by atoms with E-state index in [1.54, 1.807) is 0 Å². The first-order chi connectivity index (χ1) is 8.83. The van der Waals surface area contributed by atoms with Gasteiger partial charge in [0, 0.05) is 0 Å². The molecule has 0 aromatic carbocycles. The van der Waals surface area contributed by atoms with Gasteiger partial charge in [-0.05, 0) is 37.8 Å². The summed E-state index contributed by atoms with van der Waals surface area (Å²) in [5, 5.41) is 3.45. The monoisotopic (exact) mass is 411 g/mol. The van der Waals surface area contributed by atoms with E-state index in [4.69, 9.17) is 9.79 Å². The molecule has 0 atom stereocenters. The van der Waals surface area contributed by atoms with Crippen LogP contribution in [0.1, 0.15) is 40.5 Å². The number of hydrogen-bond donors (Lipinski definition) is 3. The fourth-order valence-corrected chi connectivity index (χ4v) is 2.08. The zero-order valence-corrected chi connectivity index (χ0v) is 22.3. The van der Waals surface area contributed by atoms with E-state index in [2.05, 4.69) is 37.3 Å². The Morgan fingerprint density at radius 3 is 1.41 bits per heavy atom. The van der Waals surface area contributed by atoms with Crippen molar-refractivity contribution in [2.75, 3.05) is 13.1 Å². The molecule has 0 rings (SSSR count). The number of phosphoric acid groups is 2. The maximum atomic E-state index is 9.55. The molecule has 0 radical (unpaired) electrons. The molecule has 3 N–H and O–H groups in total. The van der Waals surface area contributed by atoms with Gasteiger partial charge < -0.3 is 29.5 Å². The van der Waals surface area contributed by atoms with Crippen LogP contribution in [0.5, 0.6) is 0 Å². The Hall–Kier alpha value is 3.49. The normalized spacial score (nSPS) is 11.4. The number of rotatable bonds is 8. The van der Waals surface area contributed by atoms with Crippen LogP contribution in [0, 0.1) is 11.8 Å². The zero-order valence-electron chi connectivity index (χ0n) is 14.3. The molecule has 12 heteroatoms. The van der Waals surface area contributed by atoms with E-state index >= 15 is 0 Å². The van der Waals surface area contributed by atoms with E-state index in [0.717, 1.165) is 11.8 Å². The van der Waals surface area contributed by atoms with Gasteiger partial charge in [0.25, 0.3) is 0 Å². The first kappa shape index (κ1) is 33.1.